The van der Waals surface area contributed by atoms with Gasteiger partial charge in [0.15, 0.2) is 0 Å². The molecule has 0 bridgehead atoms. The molecule has 1 fully saturated rings. The van der Waals surface area contributed by atoms with Crippen molar-refractivity contribution in [3.63, 3.8) is 0 Å². The van der Waals surface area contributed by atoms with Crippen molar-refractivity contribution >= 4 is 17.6 Å². The molecular formula is C23H29N3O3. The minimum atomic E-state index is -0.114. The van der Waals surface area contributed by atoms with E-state index in [0.717, 1.165) is 35.4 Å². The van der Waals surface area contributed by atoms with E-state index in [4.69, 9.17) is 4.74 Å². The molecule has 0 atom stereocenters. The first-order chi connectivity index (χ1) is 14.0. The summed E-state index contributed by atoms with van der Waals surface area (Å²) in [5, 5.41) is 3.07. The van der Waals surface area contributed by atoms with Crippen molar-refractivity contribution in [3.05, 3.63) is 59.7 Å². The summed E-state index contributed by atoms with van der Waals surface area (Å²) in [6.45, 7) is 5.44. The van der Waals surface area contributed by atoms with E-state index in [-0.39, 0.29) is 18.0 Å². The van der Waals surface area contributed by atoms with Gasteiger partial charge in [0, 0.05) is 38.3 Å². The van der Waals surface area contributed by atoms with Crippen LogP contribution in [0.3, 0.4) is 0 Å². The Labute approximate surface area is 172 Å². The third-order valence-corrected chi connectivity index (χ3v) is 5.51. The second-order valence-corrected chi connectivity index (χ2v) is 7.46. The summed E-state index contributed by atoms with van der Waals surface area (Å²) in [6.07, 6.45) is 1.55. The van der Waals surface area contributed by atoms with E-state index in [9.17, 15) is 9.59 Å². The Bertz CT molecular complexity index is 843. The van der Waals surface area contributed by atoms with Crippen molar-refractivity contribution in [2.24, 2.45) is 0 Å². The van der Waals surface area contributed by atoms with Gasteiger partial charge in [-0.1, -0.05) is 30.3 Å². The lowest BCUT2D eigenvalue weighted by atomic mass is 10.0. The van der Waals surface area contributed by atoms with Crippen LogP contribution < -0.4 is 10.1 Å². The van der Waals surface area contributed by atoms with Crippen LogP contribution in [0.5, 0.6) is 5.75 Å². The van der Waals surface area contributed by atoms with Crippen LogP contribution in [0.15, 0.2) is 48.5 Å². The third-order valence-electron chi connectivity index (χ3n) is 5.51. The molecule has 1 saturated heterocycles. The fraction of sp³-hybridized carbons (Fsp3) is 0.391. The zero-order valence-corrected chi connectivity index (χ0v) is 17.4. The summed E-state index contributed by atoms with van der Waals surface area (Å²) in [5.41, 5.74) is 2.88. The Morgan fingerprint density at radius 1 is 1.10 bits per heavy atom. The van der Waals surface area contributed by atoms with Gasteiger partial charge in [-0.3, -0.25) is 4.79 Å². The molecule has 1 heterocycles. The first kappa shape index (κ1) is 20.7. The lowest BCUT2D eigenvalue weighted by molar-refractivity contribution is -0.130. The van der Waals surface area contributed by atoms with Crippen LogP contribution >= 0.6 is 0 Å². The van der Waals surface area contributed by atoms with Crippen molar-refractivity contribution in [3.8, 4) is 5.75 Å². The monoisotopic (exact) mass is 395 g/mol. The quantitative estimate of drug-likeness (QED) is 0.831. The molecule has 0 unspecified atom stereocenters. The Morgan fingerprint density at radius 2 is 1.76 bits per heavy atom. The average Bonchev–Trinajstić information content (AvgIpc) is 2.74. The number of carbonyl (C=O) groups excluding carboxylic acids is 2. The number of hydrogen-bond donors (Lipinski definition) is 1. The van der Waals surface area contributed by atoms with Crippen LogP contribution in [-0.2, 0) is 11.3 Å². The number of urea groups is 1. The maximum absolute atomic E-state index is 13.2. The second kappa shape index (κ2) is 9.45. The van der Waals surface area contributed by atoms with Crippen molar-refractivity contribution in [2.45, 2.75) is 39.3 Å². The fourth-order valence-electron chi connectivity index (χ4n) is 3.69. The zero-order valence-electron chi connectivity index (χ0n) is 17.4. The van der Waals surface area contributed by atoms with Gasteiger partial charge in [0.25, 0.3) is 0 Å². The molecule has 2 aromatic rings. The minimum Gasteiger partial charge on any atom is -0.497 e. The number of amides is 3. The van der Waals surface area contributed by atoms with Crippen molar-refractivity contribution in [1.82, 2.24) is 9.80 Å². The third kappa shape index (κ3) is 5.28. The molecule has 6 heteroatoms. The molecule has 1 aliphatic heterocycles. The van der Waals surface area contributed by atoms with E-state index in [2.05, 4.69) is 5.32 Å². The standard InChI is InChI=1S/C23H29N3O3/c1-17-6-4-5-7-22(17)24-23(28)26(16-19-8-10-21(29-3)11-9-19)20-12-14-25(15-13-20)18(2)27/h4-11,20H,12-16H2,1-3H3,(H,24,28). The highest BCUT2D eigenvalue weighted by atomic mass is 16.5. The Kier molecular flexibility index (Phi) is 6.75. The highest BCUT2D eigenvalue weighted by Crippen LogP contribution is 2.23. The first-order valence-corrected chi connectivity index (χ1v) is 9.99. The molecule has 6 nitrogen and oxygen atoms in total. The van der Waals surface area contributed by atoms with Crippen LogP contribution in [0, 0.1) is 6.92 Å². The lowest BCUT2D eigenvalue weighted by Gasteiger charge is -2.38. The number of aryl methyl sites for hydroxylation is 1. The number of carbonyl (C=O) groups is 2. The number of methoxy groups -OCH3 is 1. The molecule has 0 aromatic heterocycles. The molecule has 0 saturated carbocycles. The zero-order chi connectivity index (χ0) is 20.8. The normalized spacial score (nSPS) is 14.4. The summed E-state index contributed by atoms with van der Waals surface area (Å²) in [7, 11) is 1.64. The number of piperidine rings is 1. The largest absolute Gasteiger partial charge is 0.497 e. The van der Waals surface area contributed by atoms with Crippen molar-refractivity contribution in [2.75, 3.05) is 25.5 Å². The van der Waals surface area contributed by atoms with Crippen LogP contribution in [0.1, 0.15) is 30.9 Å². The van der Waals surface area contributed by atoms with Gasteiger partial charge in [-0.15, -0.1) is 0 Å². The van der Waals surface area contributed by atoms with Crippen LogP contribution in [0.2, 0.25) is 0 Å². The lowest BCUT2D eigenvalue weighted by Crippen LogP contribution is -2.49. The number of anilines is 1. The van der Waals surface area contributed by atoms with Gasteiger partial charge in [0.2, 0.25) is 5.91 Å². The van der Waals surface area contributed by atoms with Crippen LogP contribution in [0.4, 0.5) is 10.5 Å². The van der Waals surface area contributed by atoms with Gasteiger partial charge in [0.1, 0.15) is 5.75 Å². The number of ether oxygens (including phenoxy) is 1. The minimum absolute atomic E-state index is 0.0803. The second-order valence-electron chi connectivity index (χ2n) is 7.46. The van der Waals surface area contributed by atoms with Gasteiger partial charge in [-0.25, -0.2) is 4.79 Å². The van der Waals surface area contributed by atoms with E-state index in [1.165, 1.54) is 0 Å². The Morgan fingerprint density at radius 3 is 2.34 bits per heavy atom. The van der Waals surface area contributed by atoms with Crippen LogP contribution in [-0.4, -0.2) is 48.0 Å². The Balaban J connectivity index is 1.77. The highest BCUT2D eigenvalue weighted by Gasteiger charge is 2.29. The summed E-state index contributed by atoms with van der Waals surface area (Å²) in [5.74, 6) is 0.883. The van der Waals surface area contributed by atoms with E-state index in [0.29, 0.717) is 19.6 Å². The summed E-state index contributed by atoms with van der Waals surface area (Å²) in [4.78, 5) is 28.6. The highest BCUT2D eigenvalue weighted by molar-refractivity contribution is 5.90. The van der Waals surface area contributed by atoms with Gasteiger partial charge in [-0.2, -0.15) is 0 Å². The molecule has 2 aromatic carbocycles. The van der Waals surface area contributed by atoms with Gasteiger partial charge >= 0.3 is 6.03 Å². The predicted octanol–water partition coefficient (Wildman–Crippen LogP) is 4.05. The molecule has 154 valence electrons. The fourth-order valence-corrected chi connectivity index (χ4v) is 3.69. The Hall–Kier alpha value is -3.02. The molecule has 3 amide bonds. The number of nitrogens with one attached hydrogen (secondary N) is 1. The summed E-state index contributed by atoms with van der Waals surface area (Å²) < 4.78 is 5.23. The topological polar surface area (TPSA) is 61.9 Å². The van der Waals surface area contributed by atoms with Gasteiger partial charge in [0.05, 0.1) is 7.11 Å². The SMILES string of the molecule is COc1ccc(CN(C(=O)Nc2ccccc2C)C2CCN(C(C)=O)CC2)cc1. The smallest absolute Gasteiger partial charge is 0.322 e. The molecule has 1 aliphatic rings. The maximum Gasteiger partial charge on any atom is 0.322 e. The van der Waals surface area contributed by atoms with E-state index < -0.39 is 0 Å². The van der Waals surface area contributed by atoms with Gasteiger partial charge in [-0.05, 0) is 49.1 Å². The number of para-hydroxylation sites is 1. The molecule has 3 rings (SSSR count). The van der Waals surface area contributed by atoms with E-state index in [1.54, 1.807) is 14.0 Å². The van der Waals surface area contributed by atoms with Crippen molar-refractivity contribution < 1.29 is 14.3 Å². The van der Waals surface area contributed by atoms with Crippen molar-refractivity contribution in [1.29, 1.82) is 0 Å². The number of nitrogens with zero attached hydrogens (tertiary/aromatic N) is 2. The average molecular weight is 396 g/mol. The summed E-state index contributed by atoms with van der Waals surface area (Å²) >= 11 is 0. The number of likely N-dealkylation sites (tertiary alicyclic amines) is 1. The molecule has 0 aliphatic carbocycles. The van der Waals surface area contributed by atoms with E-state index in [1.807, 2.05) is 65.3 Å². The summed E-state index contributed by atoms with van der Waals surface area (Å²) in [6, 6.07) is 15.5. The number of hydrogen-bond acceptors (Lipinski definition) is 3. The number of rotatable bonds is 5. The van der Waals surface area contributed by atoms with E-state index >= 15 is 0 Å². The first-order valence-electron chi connectivity index (χ1n) is 9.99. The molecule has 29 heavy (non-hydrogen) atoms. The molecule has 0 spiro atoms. The predicted molar refractivity (Wildman–Crippen MR) is 114 cm³/mol. The molecule has 0 radical (unpaired) electrons. The van der Waals surface area contributed by atoms with Gasteiger partial charge < -0.3 is 19.9 Å². The van der Waals surface area contributed by atoms with Crippen LogP contribution in [0.25, 0.3) is 0 Å². The molecule has 1 N–H and O–H groups in total. The maximum atomic E-state index is 13.2. The molecular weight excluding hydrogens is 366 g/mol. The number of benzene rings is 2.